The molecule has 0 bridgehead atoms. The number of para-hydroxylation sites is 1. The summed E-state index contributed by atoms with van der Waals surface area (Å²) in [5, 5.41) is 12.3. The van der Waals surface area contributed by atoms with E-state index in [4.69, 9.17) is 0 Å². The van der Waals surface area contributed by atoms with Crippen molar-refractivity contribution in [3.8, 4) is 11.4 Å². The summed E-state index contributed by atoms with van der Waals surface area (Å²) < 4.78 is 23.9. The highest BCUT2D eigenvalue weighted by atomic mass is 32.2. The molecule has 0 saturated carbocycles. The van der Waals surface area contributed by atoms with Crippen LogP contribution in [0.4, 0.5) is 5.69 Å². The summed E-state index contributed by atoms with van der Waals surface area (Å²) in [7, 11) is -3.13. The summed E-state index contributed by atoms with van der Waals surface area (Å²) in [5.41, 5.74) is 1.47. The molecule has 0 spiro atoms. The molecule has 4 rings (SSSR count). The largest absolute Gasteiger partial charge is 0.307 e. The third kappa shape index (κ3) is 3.94. The van der Waals surface area contributed by atoms with Crippen LogP contribution in [0.2, 0.25) is 0 Å². The maximum Gasteiger partial charge on any atom is 0.250 e. The van der Waals surface area contributed by atoms with Crippen LogP contribution in [0.3, 0.4) is 0 Å². The Balaban J connectivity index is 1.57. The third-order valence-electron chi connectivity index (χ3n) is 4.64. The summed E-state index contributed by atoms with van der Waals surface area (Å²) in [6, 6.07) is 18.1. The molecular weight excluding hydrogens is 378 g/mol. The molecule has 3 aromatic rings. The number of amides is 1. The Morgan fingerprint density at radius 2 is 1.75 bits per heavy atom. The minimum atomic E-state index is -3.13. The number of benzene rings is 2. The molecule has 1 aliphatic rings. The van der Waals surface area contributed by atoms with Gasteiger partial charge >= 0.3 is 0 Å². The van der Waals surface area contributed by atoms with Crippen LogP contribution in [0.1, 0.15) is 6.42 Å². The van der Waals surface area contributed by atoms with E-state index in [1.54, 1.807) is 17.0 Å². The second-order valence-corrected chi connectivity index (χ2v) is 8.89. The molecule has 2 heterocycles. The molecule has 28 heavy (non-hydrogen) atoms. The average molecular weight is 397 g/mol. The molecule has 8 nitrogen and oxygen atoms in total. The highest BCUT2D eigenvalue weighted by molar-refractivity contribution is 7.91. The van der Waals surface area contributed by atoms with Gasteiger partial charge in [-0.05, 0) is 23.8 Å². The summed E-state index contributed by atoms with van der Waals surface area (Å²) in [6.07, 6.45) is 0.420. The molecule has 1 aromatic heterocycles. The van der Waals surface area contributed by atoms with Crippen molar-refractivity contribution >= 4 is 21.4 Å². The quantitative estimate of drug-likeness (QED) is 0.648. The molecule has 1 fully saturated rings. The molecule has 9 heteroatoms. The first-order valence-corrected chi connectivity index (χ1v) is 10.7. The van der Waals surface area contributed by atoms with Gasteiger partial charge in [0, 0.05) is 11.3 Å². The Bertz CT molecular complexity index is 1070. The van der Waals surface area contributed by atoms with Gasteiger partial charge in [0.05, 0.1) is 17.5 Å². The molecule has 144 valence electrons. The van der Waals surface area contributed by atoms with Gasteiger partial charge in [-0.3, -0.25) is 4.79 Å². The van der Waals surface area contributed by atoms with E-state index in [9.17, 15) is 13.2 Å². The van der Waals surface area contributed by atoms with Crippen molar-refractivity contribution in [2.24, 2.45) is 0 Å². The first-order chi connectivity index (χ1) is 13.5. The van der Waals surface area contributed by atoms with E-state index in [1.807, 2.05) is 48.5 Å². The second kappa shape index (κ2) is 7.51. The Kier molecular flexibility index (Phi) is 4.91. The van der Waals surface area contributed by atoms with Crippen LogP contribution in [0.5, 0.6) is 0 Å². The standard InChI is InChI=1S/C19H19N5O3S/c25-18(13-23-21-19(20-22-23)15-7-3-1-4-8-15)24(16-9-5-2-6-10-16)17-11-12-28(26,27)14-17/h1-10,17H,11-14H2/t17-/m0/s1. The number of rotatable bonds is 5. The van der Waals surface area contributed by atoms with Crippen molar-refractivity contribution in [1.29, 1.82) is 0 Å². The van der Waals surface area contributed by atoms with Gasteiger partial charge in [-0.15, -0.1) is 10.2 Å². The van der Waals surface area contributed by atoms with Crippen molar-refractivity contribution in [2.75, 3.05) is 16.4 Å². The fraction of sp³-hybridized carbons (Fsp3) is 0.263. The van der Waals surface area contributed by atoms with Crippen LogP contribution in [0, 0.1) is 0 Å². The van der Waals surface area contributed by atoms with Gasteiger partial charge in [0.2, 0.25) is 5.82 Å². The fourth-order valence-electron chi connectivity index (χ4n) is 3.34. The molecule has 0 radical (unpaired) electrons. The van der Waals surface area contributed by atoms with Crippen molar-refractivity contribution in [1.82, 2.24) is 20.2 Å². The molecule has 0 unspecified atom stereocenters. The van der Waals surface area contributed by atoms with Gasteiger partial charge in [-0.1, -0.05) is 48.5 Å². The number of carbonyl (C=O) groups excluding carboxylic acids is 1. The molecule has 0 aliphatic carbocycles. The maximum absolute atomic E-state index is 13.1. The van der Waals surface area contributed by atoms with Gasteiger partial charge in [0.15, 0.2) is 9.84 Å². The van der Waals surface area contributed by atoms with E-state index in [0.717, 1.165) is 5.56 Å². The van der Waals surface area contributed by atoms with E-state index >= 15 is 0 Å². The highest BCUT2D eigenvalue weighted by Crippen LogP contribution is 2.25. The average Bonchev–Trinajstić information content (AvgIpc) is 3.30. The SMILES string of the molecule is O=C(Cn1nnc(-c2ccccc2)n1)N(c1ccccc1)[C@H]1CCS(=O)(=O)C1. The molecular formula is C19H19N5O3S. The van der Waals surface area contributed by atoms with Crippen LogP contribution in [0.25, 0.3) is 11.4 Å². The molecule has 1 aliphatic heterocycles. The van der Waals surface area contributed by atoms with Crippen molar-refractivity contribution in [3.63, 3.8) is 0 Å². The minimum absolute atomic E-state index is 0.0340. The van der Waals surface area contributed by atoms with E-state index in [0.29, 0.717) is 17.9 Å². The number of aromatic nitrogens is 4. The van der Waals surface area contributed by atoms with E-state index in [2.05, 4.69) is 15.4 Å². The first kappa shape index (κ1) is 18.3. The highest BCUT2D eigenvalue weighted by Gasteiger charge is 2.35. The fourth-order valence-corrected chi connectivity index (χ4v) is 5.04. The molecule has 2 aromatic carbocycles. The minimum Gasteiger partial charge on any atom is -0.307 e. The van der Waals surface area contributed by atoms with Crippen LogP contribution in [0.15, 0.2) is 60.7 Å². The Morgan fingerprint density at radius 3 is 2.39 bits per heavy atom. The van der Waals surface area contributed by atoms with Crippen LogP contribution in [-0.4, -0.2) is 52.1 Å². The predicted octanol–water partition coefficient (Wildman–Crippen LogP) is 1.56. The van der Waals surface area contributed by atoms with Gasteiger partial charge in [-0.25, -0.2) is 8.42 Å². The summed E-state index contributed by atoms with van der Waals surface area (Å²) in [6.45, 7) is -0.120. The van der Waals surface area contributed by atoms with E-state index < -0.39 is 15.9 Å². The predicted molar refractivity (Wildman–Crippen MR) is 104 cm³/mol. The molecule has 1 saturated heterocycles. The third-order valence-corrected chi connectivity index (χ3v) is 6.39. The lowest BCUT2D eigenvalue weighted by atomic mass is 10.2. The number of nitrogens with zero attached hydrogens (tertiary/aromatic N) is 5. The Hall–Kier alpha value is -3.07. The van der Waals surface area contributed by atoms with Crippen molar-refractivity contribution in [3.05, 3.63) is 60.7 Å². The van der Waals surface area contributed by atoms with Gasteiger partial charge < -0.3 is 4.90 Å². The molecule has 1 atom stereocenters. The van der Waals surface area contributed by atoms with Crippen molar-refractivity contribution < 1.29 is 13.2 Å². The zero-order chi connectivity index (χ0) is 19.6. The summed E-state index contributed by atoms with van der Waals surface area (Å²) >= 11 is 0. The second-order valence-electron chi connectivity index (χ2n) is 6.67. The monoisotopic (exact) mass is 397 g/mol. The molecule has 1 amide bonds. The maximum atomic E-state index is 13.1. The zero-order valence-electron chi connectivity index (χ0n) is 15.0. The molecule has 0 N–H and O–H groups in total. The number of anilines is 1. The lowest BCUT2D eigenvalue weighted by molar-refractivity contribution is -0.120. The number of sulfone groups is 1. The number of hydrogen-bond donors (Lipinski definition) is 0. The van der Waals surface area contributed by atoms with Crippen LogP contribution >= 0.6 is 0 Å². The Morgan fingerprint density at radius 1 is 1.07 bits per heavy atom. The zero-order valence-corrected chi connectivity index (χ0v) is 15.9. The lowest BCUT2D eigenvalue weighted by Crippen LogP contribution is -2.43. The number of tetrazole rings is 1. The smallest absolute Gasteiger partial charge is 0.250 e. The normalized spacial score (nSPS) is 18.1. The van der Waals surface area contributed by atoms with Gasteiger partial charge in [0.25, 0.3) is 5.91 Å². The van der Waals surface area contributed by atoms with Crippen LogP contribution in [-0.2, 0) is 21.2 Å². The van der Waals surface area contributed by atoms with Crippen molar-refractivity contribution in [2.45, 2.75) is 19.0 Å². The number of hydrogen-bond acceptors (Lipinski definition) is 6. The summed E-state index contributed by atoms with van der Waals surface area (Å²) in [4.78, 5) is 15.9. The first-order valence-electron chi connectivity index (χ1n) is 8.93. The van der Waals surface area contributed by atoms with E-state index in [1.165, 1.54) is 4.80 Å². The van der Waals surface area contributed by atoms with E-state index in [-0.39, 0.29) is 24.0 Å². The van der Waals surface area contributed by atoms with Crippen LogP contribution < -0.4 is 4.90 Å². The number of carbonyl (C=O) groups is 1. The summed E-state index contributed by atoms with van der Waals surface area (Å²) in [5.74, 6) is 0.218. The topological polar surface area (TPSA) is 98.1 Å². The van der Waals surface area contributed by atoms with Gasteiger partial charge in [-0.2, -0.15) is 4.80 Å². The van der Waals surface area contributed by atoms with Gasteiger partial charge in [0.1, 0.15) is 6.54 Å². The lowest BCUT2D eigenvalue weighted by Gasteiger charge is -2.28. The Labute approximate surface area is 162 Å².